The van der Waals surface area contributed by atoms with Gasteiger partial charge in [0, 0.05) is 12.5 Å². The van der Waals surface area contributed by atoms with Gasteiger partial charge in [0.25, 0.3) is 0 Å². The first-order valence-corrected chi connectivity index (χ1v) is 8.27. The van der Waals surface area contributed by atoms with Gasteiger partial charge in [-0.1, -0.05) is 43.7 Å². The highest BCUT2D eigenvalue weighted by Crippen LogP contribution is 2.32. The van der Waals surface area contributed by atoms with Crippen molar-refractivity contribution in [1.82, 2.24) is 5.32 Å². The van der Waals surface area contributed by atoms with Crippen LogP contribution in [0, 0.1) is 5.92 Å². The summed E-state index contributed by atoms with van der Waals surface area (Å²) >= 11 is 0. The fourth-order valence-corrected chi connectivity index (χ4v) is 3.24. The quantitative estimate of drug-likeness (QED) is 0.844. The van der Waals surface area contributed by atoms with Crippen molar-refractivity contribution in [2.24, 2.45) is 11.7 Å². The van der Waals surface area contributed by atoms with Gasteiger partial charge in [0.05, 0.1) is 0 Å². The van der Waals surface area contributed by atoms with E-state index in [-0.39, 0.29) is 5.91 Å². The van der Waals surface area contributed by atoms with Crippen LogP contribution < -0.4 is 11.1 Å². The molecular weight excluding hydrogens is 260 g/mol. The van der Waals surface area contributed by atoms with Gasteiger partial charge in [-0.3, -0.25) is 4.79 Å². The Morgan fingerprint density at radius 3 is 2.48 bits per heavy atom. The third-order valence-corrected chi connectivity index (χ3v) is 4.75. The van der Waals surface area contributed by atoms with Crippen LogP contribution >= 0.6 is 0 Å². The number of amides is 1. The highest BCUT2D eigenvalue weighted by molar-refractivity contribution is 5.76. The smallest absolute Gasteiger partial charge is 0.220 e. The van der Waals surface area contributed by atoms with E-state index in [1.807, 2.05) is 0 Å². The number of hydrogen-bond acceptors (Lipinski definition) is 2. The number of nitrogens with two attached hydrogens (primary N) is 1. The standard InChI is InChI=1S/C18H28N2O/c1-2-14(13-19)12-18(21)20-17-10-8-16(9-11-17)15-6-4-3-5-7-15/h3-7,14,16-17H,2,8-13,19H2,1H3,(H,20,21). The summed E-state index contributed by atoms with van der Waals surface area (Å²) in [5, 5.41) is 3.20. The first-order valence-electron chi connectivity index (χ1n) is 8.27. The maximum Gasteiger partial charge on any atom is 0.220 e. The number of carbonyl (C=O) groups is 1. The Morgan fingerprint density at radius 2 is 1.90 bits per heavy atom. The molecular formula is C18H28N2O. The fraction of sp³-hybridized carbons (Fsp3) is 0.611. The molecule has 3 nitrogen and oxygen atoms in total. The molecule has 0 aromatic heterocycles. The molecule has 3 heteroatoms. The van der Waals surface area contributed by atoms with Crippen molar-refractivity contribution in [2.75, 3.05) is 6.54 Å². The molecule has 0 radical (unpaired) electrons. The molecule has 0 heterocycles. The molecule has 1 atom stereocenters. The maximum atomic E-state index is 12.0. The van der Waals surface area contributed by atoms with E-state index in [4.69, 9.17) is 5.73 Å². The Bertz CT molecular complexity index is 420. The van der Waals surface area contributed by atoms with Gasteiger partial charge in [-0.05, 0) is 49.6 Å². The van der Waals surface area contributed by atoms with Gasteiger partial charge in [-0.2, -0.15) is 0 Å². The zero-order valence-electron chi connectivity index (χ0n) is 13.1. The van der Waals surface area contributed by atoms with Crippen molar-refractivity contribution in [2.45, 2.75) is 57.4 Å². The summed E-state index contributed by atoms with van der Waals surface area (Å²) in [5.41, 5.74) is 7.11. The van der Waals surface area contributed by atoms with Crippen LogP contribution in [0.25, 0.3) is 0 Å². The highest BCUT2D eigenvalue weighted by atomic mass is 16.1. The van der Waals surface area contributed by atoms with E-state index < -0.39 is 0 Å². The van der Waals surface area contributed by atoms with E-state index >= 15 is 0 Å². The van der Waals surface area contributed by atoms with Crippen LogP contribution in [0.4, 0.5) is 0 Å². The fourth-order valence-electron chi connectivity index (χ4n) is 3.24. The van der Waals surface area contributed by atoms with E-state index in [9.17, 15) is 4.79 Å². The number of nitrogens with one attached hydrogen (secondary N) is 1. The Labute approximate surface area is 128 Å². The molecule has 1 fully saturated rings. The van der Waals surface area contributed by atoms with Gasteiger partial charge in [-0.25, -0.2) is 0 Å². The SMILES string of the molecule is CCC(CN)CC(=O)NC1CCC(c2ccccc2)CC1. The van der Waals surface area contributed by atoms with Crippen molar-refractivity contribution in [3.63, 3.8) is 0 Å². The Kier molecular flexibility index (Phi) is 6.24. The summed E-state index contributed by atoms with van der Waals surface area (Å²) in [6, 6.07) is 11.1. The molecule has 21 heavy (non-hydrogen) atoms. The van der Waals surface area contributed by atoms with Crippen LogP contribution in [0.15, 0.2) is 30.3 Å². The molecule has 0 aliphatic heterocycles. The van der Waals surface area contributed by atoms with Crippen molar-refractivity contribution in [3.8, 4) is 0 Å². The molecule has 1 aromatic carbocycles. The predicted molar refractivity (Wildman–Crippen MR) is 87.0 cm³/mol. The van der Waals surface area contributed by atoms with Crippen LogP contribution in [0.5, 0.6) is 0 Å². The van der Waals surface area contributed by atoms with Crippen LogP contribution in [0.2, 0.25) is 0 Å². The van der Waals surface area contributed by atoms with E-state index in [0.29, 0.717) is 30.8 Å². The van der Waals surface area contributed by atoms with Gasteiger partial charge >= 0.3 is 0 Å². The van der Waals surface area contributed by atoms with Gasteiger partial charge < -0.3 is 11.1 Å². The molecule has 0 bridgehead atoms. The maximum absolute atomic E-state index is 12.0. The van der Waals surface area contributed by atoms with Crippen molar-refractivity contribution >= 4 is 5.91 Å². The van der Waals surface area contributed by atoms with Crippen LogP contribution in [0.1, 0.15) is 56.9 Å². The van der Waals surface area contributed by atoms with E-state index in [0.717, 1.165) is 19.3 Å². The Morgan fingerprint density at radius 1 is 1.24 bits per heavy atom. The zero-order chi connectivity index (χ0) is 15.1. The molecule has 116 valence electrons. The lowest BCUT2D eigenvalue weighted by molar-refractivity contribution is -0.122. The molecule has 1 unspecified atom stereocenters. The monoisotopic (exact) mass is 288 g/mol. The molecule has 3 N–H and O–H groups in total. The topological polar surface area (TPSA) is 55.1 Å². The van der Waals surface area contributed by atoms with Crippen molar-refractivity contribution < 1.29 is 4.79 Å². The summed E-state index contributed by atoms with van der Waals surface area (Å²) in [6.45, 7) is 2.69. The second-order valence-corrected chi connectivity index (χ2v) is 6.24. The lowest BCUT2D eigenvalue weighted by Crippen LogP contribution is -2.38. The predicted octanol–water partition coefficient (Wildman–Crippen LogP) is 3.20. The average molecular weight is 288 g/mol. The third-order valence-electron chi connectivity index (χ3n) is 4.75. The van der Waals surface area contributed by atoms with Gasteiger partial charge in [0.15, 0.2) is 0 Å². The Balaban J connectivity index is 1.75. The lowest BCUT2D eigenvalue weighted by Gasteiger charge is -2.29. The molecule has 2 rings (SSSR count). The van der Waals surface area contributed by atoms with E-state index in [1.54, 1.807) is 0 Å². The number of hydrogen-bond donors (Lipinski definition) is 2. The highest BCUT2D eigenvalue weighted by Gasteiger charge is 2.23. The molecule has 1 aliphatic carbocycles. The molecule has 0 saturated heterocycles. The minimum absolute atomic E-state index is 0.176. The summed E-state index contributed by atoms with van der Waals surface area (Å²) < 4.78 is 0. The Hall–Kier alpha value is -1.35. The van der Waals surface area contributed by atoms with Crippen LogP contribution in [0.3, 0.4) is 0 Å². The summed E-state index contributed by atoms with van der Waals surface area (Å²) in [6.07, 6.45) is 6.07. The van der Waals surface area contributed by atoms with Crippen molar-refractivity contribution in [3.05, 3.63) is 35.9 Å². The van der Waals surface area contributed by atoms with E-state index in [1.165, 1.54) is 18.4 Å². The second kappa shape index (κ2) is 8.18. The minimum atomic E-state index is 0.176. The molecule has 1 amide bonds. The normalized spacial score (nSPS) is 23.5. The molecule has 1 saturated carbocycles. The van der Waals surface area contributed by atoms with Crippen LogP contribution in [-0.2, 0) is 4.79 Å². The number of benzene rings is 1. The minimum Gasteiger partial charge on any atom is -0.353 e. The zero-order valence-corrected chi connectivity index (χ0v) is 13.1. The number of carbonyl (C=O) groups excluding carboxylic acids is 1. The summed E-state index contributed by atoms with van der Waals surface area (Å²) in [5.74, 6) is 1.16. The van der Waals surface area contributed by atoms with Crippen LogP contribution in [-0.4, -0.2) is 18.5 Å². The second-order valence-electron chi connectivity index (χ2n) is 6.24. The van der Waals surface area contributed by atoms with Gasteiger partial charge in [0.2, 0.25) is 5.91 Å². The summed E-state index contributed by atoms with van der Waals surface area (Å²) in [4.78, 5) is 12.0. The first kappa shape index (κ1) is 16.0. The molecule has 1 aromatic rings. The van der Waals surface area contributed by atoms with Gasteiger partial charge in [0.1, 0.15) is 0 Å². The third kappa shape index (κ3) is 4.85. The number of rotatable bonds is 6. The van der Waals surface area contributed by atoms with Crippen molar-refractivity contribution in [1.29, 1.82) is 0 Å². The van der Waals surface area contributed by atoms with Gasteiger partial charge in [-0.15, -0.1) is 0 Å². The lowest BCUT2D eigenvalue weighted by atomic mass is 9.81. The molecule has 0 spiro atoms. The van der Waals surface area contributed by atoms with E-state index in [2.05, 4.69) is 42.6 Å². The average Bonchev–Trinajstić information content (AvgIpc) is 2.54. The first-order chi connectivity index (χ1) is 10.2. The molecule has 1 aliphatic rings. The largest absolute Gasteiger partial charge is 0.353 e. The summed E-state index contributed by atoms with van der Waals surface area (Å²) in [7, 11) is 0.